The Morgan fingerprint density at radius 3 is 3.00 bits per heavy atom. The van der Waals surface area contributed by atoms with E-state index in [2.05, 4.69) is 14.7 Å². The van der Waals surface area contributed by atoms with Crippen molar-refractivity contribution in [2.24, 2.45) is 0 Å². The van der Waals surface area contributed by atoms with Crippen molar-refractivity contribution >= 4 is 5.97 Å². The lowest BCUT2D eigenvalue weighted by molar-refractivity contribution is -0.142. The zero-order valence-electron chi connectivity index (χ0n) is 6.48. The van der Waals surface area contributed by atoms with Gasteiger partial charge in [-0.05, 0) is 0 Å². The zero-order chi connectivity index (χ0) is 8.97. The molecule has 0 aliphatic carbocycles. The van der Waals surface area contributed by atoms with Crippen molar-refractivity contribution < 1.29 is 19.2 Å². The highest BCUT2D eigenvalue weighted by atomic mass is 16.5. The average molecular weight is 172 g/mol. The van der Waals surface area contributed by atoms with E-state index >= 15 is 0 Å². The standard InChI is InChI=1S/C6H8N2O4/c1-4-7-5(8-12-4)2-11-3-6(9)10/h2-3H2,1H3,(H,9,10). The maximum Gasteiger partial charge on any atom is 0.329 e. The summed E-state index contributed by atoms with van der Waals surface area (Å²) in [6, 6.07) is 0. The van der Waals surface area contributed by atoms with Crippen LogP contribution in [-0.4, -0.2) is 27.8 Å². The molecular formula is C6H8N2O4. The first-order valence-corrected chi connectivity index (χ1v) is 3.27. The molecule has 0 amide bonds. The Hall–Kier alpha value is -1.43. The number of hydrogen-bond donors (Lipinski definition) is 1. The molecule has 0 spiro atoms. The molecule has 0 aliphatic rings. The largest absolute Gasteiger partial charge is 0.480 e. The Kier molecular flexibility index (Phi) is 2.76. The third-order valence-corrected chi connectivity index (χ3v) is 1.03. The van der Waals surface area contributed by atoms with Crippen LogP contribution in [0.2, 0.25) is 0 Å². The molecule has 12 heavy (non-hydrogen) atoms. The summed E-state index contributed by atoms with van der Waals surface area (Å²) in [6.07, 6.45) is 0. The Labute approximate surface area is 68.1 Å². The van der Waals surface area contributed by atoms with Crippen molar-refractivity contribution in [1.82, 2.24) is 10.1 Å². The smallest absolute Gasteiger partial charge is 0.329 e. The summed E-state index contributed by atoms with van der Waals surface area (Å²) < 4.78 is 9.34. The number of carboxylic acids is 1. The number of hydrogen-bond acceptors (Lipinski definition) is 5. The minimum absolute atomic E-state index is 0.0592. The first-order chi connectivity index (χ1) is 5.68. The molecule has 0 saturated heterocycles. The fourth-order valence-corrected chi connectivity index (χ4v) is 0.630. The van der Waals surface area contributed by atoms with Gasteiger partial charge in [-0.1, -0.05) is 5.16 Å². The quantitative estimate of drug-likeness (QED) is 0.686. The van der Waals surface area contributed by atoms with E-state index in [1.165, 1.54) is 0 Å². The van der Waals surface area contributed by atoms with Gasteiger partial charge in [0.1, 0.15) is 13.2 Å². The second-order valence-electron chi connectivity index (χ2n) is 2.12. The van der Waals surface area contributed by atoms with E-state index in [-0.39, 0.29) is 13.2 Å². The molecule has 0 radical (unpaired) electrons. The fourth-order valence-electron chi connectivity index (χ4n) is 0.630. The fraction of sp³-hybridized carbons (Fsp3) is 0.500. The maximum atomic E-state index is 10.0. The van der Waals surface area contributed by atoms with Crippen molar-refractivity contribution in [2.45, 2.75) is 13.5 Å². The van der Waals surface area contributed by atoms with Crippen LogP contribution in [0.25, 0.3) is 0 Å². The Balaban J connectivity index is 2.29. The third-order valence-electron chi connectivity index (χ3n) is 1.03. The molecule has 0 fully saturated rings. The zero-order valence-corrected chi connectivity index (χ0v) is 6.48. The predicted octanol–water partition coefficient (Wildman–Crippen LogP) is -0.0208. The molecule has 0 saturated carbocycles. The van der Waals surface area contributed by atoms with E-state index in [9.17, 15) is 4.79 Å². The van der Waals surface area contributed by atoms with E-state index < -0.39 is 5.97 Å². The molecule has 0 bridgehead atoms. The van der Waals surface area contributed by atoms with Gasteiger partial charge in [0.2, 0.25) is 5.89 Å². The van der Waals surface area contributed by atoms with Crippen molar-refractivity contribution in [3.05, 3.63) is 11.7 Å². The Bertz CT molecular complexity index is 270. The summed E-state index contributed by atoms with van der Waals surface area (Å²) >= 11 is 0. The number of aryl methyl sites for hydroxylation is 1. The van der Waals surface area contributed by atoms with Crippen molar-refractivity contribution in [3.8, 4) is 0 Å². The molecule has 1 N–H and O–H groups in total. The molecule has 1 aromatic heterocycles. The van der Waals surface area contributed by atoms with E-state index in [0.29, 0.717) is 11.7 Å². The van der Waals surface area contributed by atoms with Gasteiger partial charge in [0.25, 0.3) is 0 Å². The number of nitrogens with zero attached hydrogens (tertiary/aromatic N) is 2. The Morgan fingerprint density at radius 2 is 2.50 bits per heavy atom. The molecule has 1 rings (SSSR count). The number of rotatable bonds is 4. The first kappa shape index (κ1) is 8.66. The van der Waals surface area contributed by atoms with Gasteiger partial charge < -0.3 is 14.4 Å². The topological polar surface area (TPSA) is 85.5 Å². The van der Waals surface area contributed by atoms with Gasteiger partial charge in [0.05, 0.1) is 0 Å². The molecule has 66 valence electrons. The van der Waals surface area contributed by atoms with Crippen LogP contribution in [0, 0.1) is 6.92 Å². The highest BCUT2D eigenvalue weighted by Crippen LogP contribution is 1.96. The van der Waals surface area contributed by atoms with Crippen molar-refractivity contribution in [2.75, 3.05) is 6.61 Å². The molecule has 6 heteroatoms. The van der Waals surface area contributed by atoms with Crippen LogP contribution in [0.5, 0.6) is 0 Å². The second-order valence-corrected chi connectivity index (χ2v) is 2.12. The van der Waals surface area contributed by atoms with Gasteiger partial charge in [-0.25, -0.2) is 4.79 Å². The Morgan fingerprint density at radius 1 is 1.75 bits per heavy atom. The van der Waals surface area contributed by atoms with Crippen LogP contribution in [0.3, 0.4) is 0 Å². The van der Waals surface area contributed by atoms with Gasteiger partial charge in [-0.3, -0.25) is 0 Å². The molecule has 1 heterocycles. The van der Waals surface area contributed by atoms with E-state index in [1.807, 2.05) is 0 Å². The van der Waals surface area contributed by atoms with Gasteiger partial charge >= 0.3 is 5.97 Å². The molecule has 0 unspecified atom stereocenters. The van der Waals surface area contributed by atoms with E-state index in [1.54, 1.807) is 6.92 Å². The van der Waals surface area contributed by atoms with Gasteiger partial charge in [-0.2, -0.15) is 4.98 Å². The number of ether oxygens (including phenoxy) is 1. The van der Waals surface area contributed by atoms with Gasteiger partial charge in [-0.15, -0.1) is 0 Å². The van der Waals surface area contributed by atoms with Crippen LogP contribution in [0.4, 0.5) is 0 Å². The predicted molar refractivity (Wildman–Crippen MR) is 36.3 cm³/mol. The summed E-state index contributed by atoms with van der Waals surface area (Å²) in [5.41, 5.74) is 0. The van der Waals surface area contributed by atoms with Crippen LogP contribution in [0.15, 0.2) is 4.52 Å². The van der Waals surface area contributed by atoms with Crippen molar-refractivity contribution in [3.63, 3.8) is 0 Å². The number of carbonyl (C=O) groups is 1. The number of aliphatic carboxylic acids is 1. The van der Waals surface area contributed by atoms with Gasteiger partial charge in [0, 0.05) is 6.92 Å². The minimum Gasteiger partial charge on any atom is -0.480 e. The van der Waals surface area contributed by atoms with Crippen molar-refractivity contribution in [1.29, 1.82) is 0 Å². The second kappa shape index (κ2) is 3.82. The summed E-state index contributed by atoms with van der Waals surface area (Å²) in [6.45, 7) is 1.35. The summed E-state index contributed by atoms with van der Waals surface area (Å²) in [4.78, 5) is 13.8. The molecule has 0 atom stereocenters. The lowest BCUT2D eigenvalue weighted by atomic mass is 10.6. The van der Waals surface area contributed by atoms with Crippen LogP contribution in [0.1, 0.15) is 11.7 Å². The average Bonchev–Trinajstić information content (AvgIpc) is 2.35. The molecular weight excluding hydrogens is 164 g/mol. The lowest BCUT2D eigenvalue weighted by Crippen LogP contribution is -2.07. The lowest BCUT2D eigenvalue weighted by Gasteiger charge is -1.93. The molecule has 6 nitrogen and oxygen atoms in total. The summed E-state index contributed by atoms with van der Waals surface area (Å²) in [7, 11) is 0. The normalized spacial score (nSPS) is 10.1. The van der Waals surface area contributed by atoms with Crippen LogP contribution >= 0.6 is 0 Å². The molecule has 0 aromatic carbocycles. The highest BCUT2D eigenvalue weighted by Gasteiger charge is 2.03. The third kappa shape index (κ3) is 2.67. The maximum absolute atomic E-state index is 10.0. The monoisotopic (exact) mass is 172 g/mol. The minimum atomic E-state index is -1.02. The summed E-state index contributed by atoms with van der Waals surface area (Å²) in [5.74, 6) is -0.229. The van der Waals surface area contributed by atoms with Crippen LogP contribution in [-0.2, 0) is 16.1 Å². The summed E-state index contributed by atoms with van der Waals surface area (Å²) in [5, 5.41) is 11.7. The van der Waals surface area contributed by atoms with E-state index in [0.717, 1.165) is 0 Å². The molecule has 1 aromatic rings. The molecule has 0 aliphatic heterocycles. The van der Waals surface area contributed by atoms with E-state index in [4.69, 9.17) is 9.84 Å². The SMILES string of the molecule is Cc1nc(COCC(=O)O)no1. The number of carboxylic acid groups (broad SMARTS) is 1. The highest BCUT2D eigenvalue weighted by molar-refractivity contribution is 5.67. The van der Waals surface area contributed by atoms with Crippen LogP contribution < -0.4 is 0 Å². The first-order valence-electron chi connectivity index (χ1n) is 3.27. The van der Waals surface area contributed by atoms with Gasteiger partial charge in [0.15, 0.2) is 5.82 Å². The number of aromatic nitrogens is 2.